The molecule has 0 aliphatic rings. The first-order valence-corrected chi connectivity index (χ1v) is 14.8. The van der Waals surface area contributed by atoms with Crippen LogP contribution in [-0.2, 0) is 21.5 Å². The van der Waals surface area contributed by atoms with E-state index in [2.05, 4.69) is 0 Å². The number of aliphatic hydroxyl groups excluding tert-OH is 1. The van der Waals surface area contributed by atoms with Gasteiger partial charge in [-0.2, -0.15) is 0 Å². The molecule has 7 nitrogen and oxygen atoms in total. The third-order valence-electron chi connectivity index (χ3n) is 6.90. The molecule has 0 fully saturated rings. The van der Waals surface area contributed by atoms with E-state index in [0.717, 1.165) is 5.56 Å². The van der Waals surface area contributed by atoms with Gasteiger partial charge in [0.05, 0.1) is 31.0 Å². The molecule has 206 valence electrons. The van der Waals surface area contributed by atoms with Gasteiger partial charge in [0.1, 0.15) is 24.2 Å². The number of hydrogen-bond acceptors (Lipinski definition) is 6. The summed E-state index contributed by atoms with van der Waals surface area (Å²) in [7, 11) is -0.578. The number of nitrogens with zero attached hydrogens (tertiary/aromatic N) is 1. The lowest BCUT2D eigenvalue weighted by Gasteiger charge is -2.27. The molecule has 0 radical (unpaired) electrons. The number of thiol groups is 1. The number of carbonyl (C=O) groups excluding carboxylic acids is 1. The molecule has 40 heavy (non-hydrogen) atoms. The van der Waals surface area contributed by atoms with E-state index in [1.807, 2.05) is 48.5 Å². The van der Waals surface area contributed by atoms with E-state index in [-0.39, 0.29) is 11.3 Å². The second kappa shape index (κ2) is 11.4. The van der Waals surface area contributed by atoms with Gasteiger partial charge in [-0.05, 0) is 57.6 Å². The van der Waals surface area contributed by atoms with Crippen molar-refractivity contribution in [1.82, 2.24) is 3.97 Å². The highest BCUT2D eigenvalue weighted by Gasteiger charge is 2.33. The summed E-state index contributed by atoms with van der Waals surface area (Å²) in [5.74, 6) is 0.513. The van der Waals surface area contributed by atoms with Crippen LogP contribution in [0.4, 0.5) is 0 Å². The summed E-state index contributed by atoms with van der Waals surface area (Å²) in [5.41, 5.74) is 2.36. The highest BCUT2D eigenvalue weighted by Crippen LogP contribution is 2.40. The maximum atomic E-state index is 14.6. The summed E-state index contributed by atoms with van der Waals surface area (Å²) >= 11 is 0. The molecule has 1 atom stereocenters. The summed E-state index contributed by atoms with van der Waals surface area (Å²) in [6.45, 7) is 0.404. The summed E-state index contributed by atoms with van der Waals surface area (Å²) in [5, 5.41) is 12.3. The Morgan fingerprint density at radius 3 is 2.12 bits per heavy atom. The van der Waals surface area contributed by atoms with Gasteiger partial charge in [0.15, 0.2) is 0 Å². The summed E-state index contributed by atoms with van der Waals surface area (Å²) in [4.78, 5) is 13.8. The van der Waals surface area contributed by atoms with Gasteiger partial charge in [0.2, 0.25) is 0 Å². The molecule has 1 N–H and O–H groups in total. The second-order valence-electron chi connectivity index (χ2n) is 9.41. The zero-order chi connectivity index (χ0) is 28.3. The van der Waals surface area contributed by atoms with Crippen LogP contribution in [0.2, 0.25) is 0 Å². The highest BCUT2D eigenvalue weighted by molar-refractivity contribution is 8.01. The average Bonchev–Trinajstić information content (AvgIpc) is 3.35. The van der Waals surface area contributed by atoms with Crippen molar-refractivity contribution in [1.29, 1.82) is 0 Å². The van der Waals surface area contributed by atoms with Gasteiger partial charge >= 0.3 is 5.97 Å². The number of methoxy groups -OCH3 is 2. The number of carbonyl (C=O) groups is 1. The van der Waals surface area contributed by atoms with Crippen LogP contribution in [0.3, 0.4) is 0 Å². The predicted molar refractivity (Wildman–Crippen MR) is 157 cm³/mol. The fraction of sp³-hybridized carbons (Fsp3) is 0.156. The Bertz CT molecular complexity index is 1680. The molecule has 0 saturated heterocycles. The molecule has 1 unspecified atom stereocenters. The van der Waals surface area contributed by atoms with E-state index in [0.29, 0.717) is 39.5 Å². The molecule has 0 saturated carbocycles. The van der Waals surface area contributed by atoms with Crippen LogP contribution in [0.15, 0.2) is 108 Å². The van der Waals surface area contributed by atoms with E-state index in [1.54, 1.807) is 64.8 Å². The van der Waals surface area contributed by atoms with Crippen molar-refractivity contribution in [2.24, 2.45) is 0 Å². The molecule has 0 amide bonds. The van der Waals surface area contributed by atoms with Crippen molar-refractivity contribution in [3.63, 3.8) is 0 Å². The zero-order valence-corrected chi connectivity index (χ0v) is 23.4. The Balaban J connectivity index is 1.65. The van der Waals surface area contributed by atoms with Crippen molar-refractivity contribution >= 4 is 27.0 Å². The van der Waals surface area contributed by atoms with E-state index in [9.17, 15) is 14.1 Å². The van der Waals surface area contributed by atoms with Crippen molar-refractivity contribution in [3.8, 4) is 11.5 Å². The van der Waals surface area contributed by atoms with Crippen molar-refractivity contribution in [2.45, 2.75) is 17.6 Å². The number of rotatable bonds is 9. The third-order valence-corrected chi connectivity index (χ3v) is 9.35. The Hall–Kier alpha value is -4.40. The van der Waals surface area contributed by atoms with Crippen LogP contribution in [-0.4, -0.2) is 39.7 Å². The van der Waals surface area contributed by atoms with Crippen LogP contribution in [0.1, 0.15) is 33.3 Å². The zero-order valence-electron chi connectivity index (χ0n) is 22.5. The topological polar surface area (TPSA) is 87.0 Å². The fourth-order valence-corrected chi connectivity index (χ4v) is 7.00. The standard InChI is InChI=1S/C32H31NO6S/c1-37-25-18-19-27-28(20-25)33(40(3,36)26-12-8-5-9-13-26)30(29(27)32(35)38-2)31(34)23-14-16-24(17-15-23)39-21-22-10-6-4-7-11-22/h4-20,31,34,40H,21H2,1-3H3. The predicted octanol–water partition coefficient (Wildman–Crippen LogP) is 5.57. The van der Waals surface area contributed by atoms with Gasteiger partial charge in [-0.15, -0.1) is 0 Å². The minimum Gasteiger partial charge on any atom is -0.497 e. The van der Waals surface area contributed by atoms with Crippen LogP contribution < -0.4 is 9.47 Å². The summed E-state index contributed by atoms with van der Waals surface area (Å²) in [6, 6.07) is 31.0. The lowest BCUT2D eigenvalue weighted by atomic mass is 10.0. The molecular weight excluding hydrogens is 526 g/mol. The number of esters is 1. The van der Waals surface area contributed by atoms with Gasteiger partial charge in [0, 0.05) is 22.6 Å². The minimum absolute atomic E-state index is 0.148. The fourth-order valence-electron chi connectivity index (χ4n) is 4.84. The number of aliphatic hydroxyl groups is 1. The molecule has 0 spiro atoms. The SMILES string of the molecule is COC(=O)c1c(C(O)c2ccc(OCc3ccccc3)cc2)n([SH](C)(=O)c2ccccc2)c2cc(OC)ccc12. The molecular formula is C32H31NO6S. The van der Waals surface area contributed by atoms with E-state index in [4.69, 9.17) is 14.2 Å². The third kappa shape index (κ3) is 5.11. The number of aromatic nitrogens is 1. The molecule has 0 aliphatic heterocycles. The van der Waals surface area contributed by atoms with Gasteiger partial charge in [-0.3, -0.25) is 8.18 Å². The van der Waals surface area contributed by atoms with Crippen LogP contribution in [0, 0.1) is 0 Å². The average molecular weight is 558 g/mol. The first-order chi connectivity index (χ1) is 19.3. The number of fused-ring (bicyclic) bond motifs is 1. The largest absolute Gasteiger partial charge is 0.497 e. The number of ether oxygens (including phenoxy) is 3. The maximum absolute atomic E-state index is 14.6. The van der Waals surface area contributed by atoms with Crippen LogP contribution in [0.25, 0.3) is 10.9 Å². The quantitative estimate of drug-likeness (QED) is 0.182. The molecule has 5 aromatic rings. The normalized spacial score (nSPS) is 12.6. The van der Waals surface area contributed by atoms with Gasteiger partial charge in [-0.25, -0.2) is 4.79 Å². The van der Waals surface area contributed by atoms with Crippen LogP contribution in [0.5, 0.6) is 11.5 Å². The van der Waals surface area contributed by atoms with E-state index < -0.39 is 22.2 Å². The molecule has 1 aromatic heterocycles. The Labute approximate surface area is 234 Å². The van der Waals surface area contributed by atoms with E-state index in [1.165, 1.54) is 14.2 Å². The van der Waals surface area contributed by atoms with Gasteiger partial charge < -0.3 is 19.3 Å². The smallest absolute Gasteiger partial charge is 0.340 e. The van der Waals surface area contributed by atoms with Gasteiger partial charge in [-0.1, -0.05) is 60.7 Å². The molecule has 5 rings (SSSR count). The van der Waals surface area contributed by atoms with Gasteiger partial charge in [0.25, 0.3) is 0 Å². The first-order valence-electron chi connectivity index (χ1n) is 12.7. The molecule has 0 bridgehead atoms. The lowest BCUT2D eigenvalue weighted by molar-refractivity contribution is 0.0597. The Morgan fingerprint density at radius 2 is 1.50 bits per heavy atom. The number of benzene rings is 4. The monoisotopic (exact) mass is 557 g/mol. The Morgan fingerprint density at radius 1 is 0.875 bits per heavy atom. The van der Waals surface area contributed by atoms with Crippen LogP contribution >= 0.6 is 0 Å². The maximum Gasteiger partial charge on any atom is 0.340 e. The summed E-state index contributed by atoms with van der Waals surface area (Å²) < 4.78 is 32.7. The van der Waals surface area contributed by atoms with Crippen molar-refractivity contribution in [3.05, 3.63) is 126 Å². The van der Waals surface area contributed by atoms with Crippen molar-refractivity contribution < 1.29 is 28.3 Å². The van der Waals surface area contributed by atoms with E-state index >= 15 is 0 Å². The first kappa shape index (κ1) is 27.2. The number of hydrogen-bond donors (Lipinski definition) is 2. The Kier molecular flexibility index (Phi) is 7.73. The molecule has 8 heteroatoms. The lowest BCUT2D eigenvalue weighted by Crippen LogP contribution is -2.25. The molecule has 4 aromatic carbocycles. The highest BCUT2D eigenvalue weighted by atomic mass is 32.3. The molecule has 0 aliphatic carbocycles. The minimum atomic E-state index is -3.40. The second-order valence-corrected chi connectivity index (χ2v) is 12.1. The van der Waals surface area contributed by atoms with Crippen molar-refractivity contribution in [2.75, 3.05) is 20.5 Å². The molecule has 1 heterocycles. The summed E-state index contributed by atoms with van der Waals surface area (Å²) in [6.07, 6.45) is 0.326.